The van der Waals surface area contributed by atoms with Crippen molar-refractivity contribution in [1.82, 2.24) is 5.32 Å². The van der Waals surface area contributed by atoms with Crippen LogP contribution in [-0.2, 0) is 4.79 Å². The molecule has 1 aliphatic heterocycles. The molecule has 3 fully saturated rings. The fraction of sp³-hybridized carbons (Fsp3) is 0.500. The lowest BCUT2D eigenvalue weighted by Crippen LogP contribution is -2.67. The summed E-state index contributed by atoms with van der Waals surface area (Å²) >= 11 is 0. The first kappa shape index (κ1) is 7.88. The molecule has 6 atom stereocenters. The number of carbonyl (C=O) groups is 1. The molecule has 2 nitrogen and oxygen atoms in total. The predicted molar refractivity (Wildman–Crippen MR) is 58.9 cm³/mol. The number of rotatable bonds is 0. The van der Waals surface area contributed by atoms with Crippen LogP contribution < -0.4 is 5.32 Å². The molecular formula is C14H13NO. The Bertz CT molecular complexity index is 523. The van der Waals surface area contributed by atoms with Crippen LogP contribution in [0, 0.1) is 17.8 Å². The SMILES string of the molecule is O=C1N[C@@H]2[C@@H]1[C@H]1c3ccccc3[C@H]2[C@@H]2C[C@H]21. The minimum Gasteiger partial charge on any atom is -0.352 e. The van der Waals surface area contributed by atoms with Crippen molar-refractivity contribution in [2.45, 2.75) is 24.3 Å². The summed E-state index contributed by atoms with van der Waals surface area (Å²) < 4.78 is 0. The Morgan fingerprint density at radius 1 is 1.00 bits per heavy atom. The van der Waals surface area contributed by atoms with E-state index in [0.29, 0.717) is 29.7 Å². The topological polar surface area (TPSA) is 29.1 Å². The third kappa shape index (κ3) is 0.649. The summed E-state index contributed by atoms with van der Waals surface area (Å²) in [5, 5.41) is 3.14. The van der Waals surface area contributed by atoms with E-state index in [-0.39, 0.29) is 0 Å². The van der Waals surface area contributed by atoms with Crippen LogP contribution in [0.1, 0.15) is 29.4 Å². The molecule has 1 amide bonds. The van der Waals surface area contributed by atoms with Crippen molar-refractivity contribution in [3.05, 3.63) is 35.4 Å². The second-order valence-corrected chi connectivity index (χ2v) is 5.80. The van der Waals surface area contributed by atoms with Crippen LogP contribution in [0.25, 0.3) is 0 Å². The van der Waals surface area contributed by atoms with E-state index in [4.69, 9.17) is 0 Å². The summed E-state index contributed by atoms with van der Waals surface area (Å²) in [6, 6.07) is 9.27. The first-order valence-electron chi connectivity index (χ1n) is 6.25. The summed E-state index contributed by atoms with van der Waals surface area (Å²) in [7, 11) is 0. The van der Waals surface area contributed by atoms with Gasteiger partial charge in [-0.1, -0.05) is 24.3 Å². The van der Waals surface area contributed by atoms with E-state index in [9.17, 15) is 4.79 Å². The second kappa shape index (κ2) is 2.20. The molecule has 16 heavy (non-hydrogen) atoms. The molecule has 1 aromatic carbocycles. The third-order valence-corrected chi connectivity index (χ3v) is 5.30. The van der Waals surface area contributed by atoms with Crippen LogP contribution in [0.4, 0.5) is 0 Å². The number of nitrogens with one attached hydrogen (secondary N) is 1. The summed E-state index contributed by atoms with van der Waals surface area (Å²) in [5.74, 6) is 3.50. The summed E-state index contributed by atoms with van der Waals surface area (Å²) in [6.45, 7) is 0. The van der Waals surface area contributed by atoms with Crippen molar-refractivity contribution < 1.29 is 4.79 Å². The van der Waals surface area contributed by atoms with Gasteiger partial charge in [0.1, 0.15) is 0 Å². The zero-order chi connectivity index (χ0) is 10.4. The lowest BCUT2D eigenvalue weighted by molar-refractivity contribution is -0.140. The van der Waals surface area contributed by atoms with E-state index >= 15 is 0 Å². The average molecular weight is 211 g/mol. The molecule has 0 aromatic heterocycles. The van der Waals surface area contributed by atoms with Gasteiger partial charge in [0, 0.05) is 17.9 Å². The lowest BCUT2D eigenvalue weighted by Gasteiger charge is -2.54. The maximum atomic E-state index is 11.7. The second-order valence-electron chi connectivity index (χ2n) is 5.80. The Balaban J connectivity index is 1.79. The van der Waals surface area contributed by atoms with Crippen LogP contribution in [0.5, 0.6) is 0 Å². The molecule has 2 bridgehead atoms. The first-order chi connectivity index (χ1) is 7.86. The molecule has 1 aromatic rings. The maximum absolute atomic E-state index is 11.7. The molecule has 1 N–H and O–H groups in total. The van der Waals surface area contributed by atoms with E-state index in [1.54, 1.807) is 0 Å². The van der Waals surface area contributed by atoms with Gasteiger partial charge in [-0.2, -0.15) is 0 Å². The van der Waals surface area contributed by atoms with E-state index in [1.807, 2.05) is 0 Å². The van der Waals surface area contributed by atoms with Gasteiger partial charge in [0.2, 0.25) is 5.91 Å². The Morgan fingerprint density at radius 3 is 2.44 bits per heavy atom. The Kier molecular flexibility index (Phi) is 1.08. The van der Waals surface area contributed by atoms with Gasteiger partial charge >= 0.3 is 0 Å². The molecule has 2 saturated carbocycles. The fourth-order valence-corrected chi connectivity index (χ4v) is 4.68. The highest BCUT2D eigenvalue weighted by Gasteiger charge is 2.68. The Hall–Kier alpha value is -1.31. The Morgan fingerprint density at radius 2 is 1.69 bits per heavy atom. The average Bonchev–Trinajstić information content (AvgIpc) is 3.07. The minimum absolute atomic E-state index is 0.305. The van der Waals surface area contributed by atoms with Crippen LogP contribution in [-0.4, -0.2) is 11.9 Å². The minimum atomic E-state index is 0.305. The van der Waals surface area contributed by atoms with Crippen molar-refractivity contribution >= 4 is 5.91 Å². The lowest BCUT2D eigenvalue weighted by atomic mass is 9.56. The molecule has 4 aliphatic carbocycles. The highest BCUT2D eigenvalue weighted by atomic mass is 16.2. The molecule has 0 unspecified atom stereocenters. The van der Waals surface area contributed by atoms with E-state index in [2.05, 4.69) is 29.6 Å². The van der Waals surface area contributed by atoms with E-state index in [0.717, 1.165) is 11.8 Å². The van der Waals surface area contributed by atoms with Gasteiger partial charge in [-0.05, 0) is 29.4 Å². The highest BCUT2D eigenvalue weighted by Crippen LogP contribution is 2.70. The summed E-state index contributed by atoms with van der Waals surface area (Å²) in [5.41, 5.74) is 3.02. The van der Waals surface area contributed by atoms with Gasteiger partial charge in [-0.15, -0.1) is 0 Å². The zero-order valence-electron chi connectivity index (χ0n) is 8.89. The molecule has 1 heterocycles. The van der Waals surface area contributed by atoms with Crippen LogP contribution in [0.15, 0.2) is 24.3 Å². The quantitative estimate of drug-likeness (QED) is 0.649. The van der Waals surface area contributed by atoms with E-state index in [1.165, 1.54) is 17.5 Å². The summed E-state index contributed by atoms with van der Waals surface area (Å²) in [6.07, 6.45) is 1.35. The largest absolute Gasteiger partial charge is 0.352 e. The molecule has 0 spiro atoms. The molecular weight excluding hydrogens is 198 g/mol. The number of benzene rings is 1. The molecule has 1 saturated heterocycles. The number of hydrogen-bond acceptors (Lipinski definition) is 1. The fourth-order valence-electron chi connectivity index (χ4n) is 4.68. The maximum Gasteiger partial charge on any atom is 0.226 e. The number of hydrogen-bond donors (Lipinski definition) is 1. The molecule has 6 rings (SSSR count). The number of amides is 1. The van der Waals surface area contributed by atoms with Gasteiger partial charge in [-0.3, -0.25) is 4.79 Å². The van der Waals surface area contributed by atoms with Gasteiger partial charge in [-0.25, -0.2) is 0 Å². The number of β-lactam (4-membered cyclic amide) rings is 1. The molecule has 5 aliphatic rings. The molecule has 0 radical (unpaired) electrons. The molecule has 80 valence electrons. The third-order valence-electron chi connectivity index (χ3n) is 5.30. The standard InChI is InChI=1S/C14H13NO/c16-14-12-10-6-3-1-2-4-7(6)11(13(12)15-14)9-5-8(9)10/h1-4,8-13H,5H2,(H,15,16)/t8-,9-,10+,11+,12+,13+/m1/s1. The van der Waals surface area contributed by atoms with Crippen molar-refractivity contribution in [2.75, 3.05) is 0 Å². The smallest absolute Gasteiger partial charge is 0.226 e. The van der Waals surface area contributed by atoms with Gasteiger partial charge < -0.3 is 5.32 Å². The van der Waals surface area contributed by atoms with Gasteiger partial charge in [0.15, 0.2) is 0 Å². The van der Waals surface area contributed by atoms with Crippen molar-refractivity contribution in [1.29, 1.82) is 0 Å². The van der Waals surface area contributed by atoms with Crippen molar-refractivity contribution in [2.24, 2.45) is 17.8 Å². The van der Waals surface area contributed by atoms with Crippen molar-refractivity contribution in [3.8, 4) is 0 Å². The zero-order valence-corrected chi connectivity index (χ0v) is 8.89. The summed E-state index contributed by atoms with van der Waals surface area (Å²) in [4.78, 5) is 11.7. The normalized spacial score (nSPS) is 49.6. The van der Waals surface area contributed by atoms with Crippen LogP contribution >= 0.6 is 0 Å². The number of carbonyl (C=O) groups excluding carboxylic acids is 1. The monoisotopic (exact) mass is 211 g/mol. The highest BCUT2D eigenvalue weighted by molar-refractivity contribution is 5.89. The predicted octanol–water partition coefficient (Wildman–Crippen LogP) is 1.63. The van der Waals surface area contributed by atoms with Crippen molar-refractivity contribution in [3.63, 3.8) is 0 Å². The van der Waals surface area contributed by atoms with Gasteiger partial charge in [0.05, 0.1) is 5.92 Å². The van der Waals surface area contributed by atoms with Crippen LogP contribution in [0.3, 0.4) is 0 Å². The molecule has 2 heteroatoms. The van der Waals surface area contributed by atoms with E-state index < -0.39 is 0 Å². The Labute approximate surface area is 94.0 Å². The van der Waals surface area contributed by atoms with Gasteiger partial charge in [0.25, 0.3) is 0 Å². The van der Waals surface area contributed by atoms with Crippen LogP contribution in [0.2, 0.25) is 0 Å². The first-order valence-corrected chi connectivity index (χ1v) is 6.25.